The van der Waals surface area contributed by atoms with E-state index < -0.39 is 12.2 Å². The lowest BCUT2D eigenvalue weighted by molar-refractivity contribution is -0.141. The van der Waals surface area contributed by atoms with Gasteiger partial charge in [0.05, 0.1) is 14.2 Å². The van der Waals surface area contributed by atoms with Gasteiger partial charge in [0.2, 0.25) is 0 Å². The summed E-state index contributed by atoms with van der Waals surface area (Å²) in [6, 6.07) is 14.3. The van der Waals surface area contributed by atoms with Gasteiger partial charge in [0.1, 0.15) is 6.61 Å². The summed E-state index contributed by atoms with van der Waals surface area (Å²) in [6.07, 6.45) is -1.11. The third kappa shape index (κ3) is 6.01. The molecule has 2 N–H and O–H groups in total. The molecule has 0 aliphatic rings. The number of nitrogens with one attached hydrogen (secondary N) is 2. The molecule has 0 unspecified atom stereocenters. The smallest absolute Gasteiger partial charge is 0.411 e. The summed E-state index contributed by atoms with van der Waals surface area (Å²) < 4.78 is 14.4. The number of ether oxygens (including phenoxy) is 3. The molecule has 0 aliphatic carbocycles. The van der Waals surface area contributed by atoms with Crippen LogP contribution < -0.4 is 10.6 Å². The molecule has 28 heavy (non-hydrogen) atoms. The molecule has 8 nitrogen and oxygen atoms in total. The van der Waals surface area contributed by atoms with Crippen LogP contribution in [-0.2, 0) is 19.0 Å². The Morgan fingerprint density at radius 1 is 0.786 bits per heavy atom. The quantitative estimate of drug-likeness (QED) is 0.579. The molecular formula is C20H22N2O6. The Labute approximate surface area is 162 Å². The first-order valence-corrected chi connectivity index (χ1v) is 8.46. The number of amides is 2. The molecule has 0 fully saturated rings. The first-order chi connectivity index (χ1) is 13.4. The van der Waals surface area contributed by atoms with Gasteiger partial charge in [-0.2, -0.15) is 0 Å². The summed E-state index contributed by atoms with van der Waals surface area (Å²) in [7, 11) is 2.58. The van der Waals surface area contributed by atoms with Gasteiger partial charge in [0.15, 0.2) is 0 Å². The average molecular weight is 386 g/mol. The van der Waals surface area contributed by atoms with Crippen molar-refractivity contribution < 1.29 is 28.6 Å². The molecule has 2 aromatic carbocycles. The van der Waals surface area contributed by atoms with Crippen molar-refractivity contribution in [3.8, 4) is 0 Å². The van der Waals surface area contributed by atoms with Crippen LogP contribution in [0.4, 0.5) is 21.0 Å². The van der Waals surface area contributed by atoms with Crippen molar-refractivity contribution in [2.75, 3.05) is 31.5 Å². The number of benzene rings is 2. The largest absolute Gasteiger partial charge is 0.465 e. The third-order valence-corrected chi connectivity index (χ3v) is 3.94. The topological polar surface area (TPSA) is 103 Å². The van der Waals surface area contributed by atoms with Gasteiger partial charge in [-0.05, 0) is 35.4 Å². The molecule has 0 radical (unpaired) electrons. The summed E-state index contributed by atoms with van der Waals surface area (Å²) in [5.74, 6) is -0.596. The maximum absolute atomic E-state index is 11.3. The van der Waals surface area contributed by atoms with Crippen molar-refractivity contribution in [1.29, 1.82) is 0 Å². The lowest BCUT2D eigenvalue weighted by Gasteiger charge is -2.19. The summed E-state index contributed by atoms with van der Waals surface area (Å²) >= 11 is 0. The van der Waals surface area contributed by atoms with E-state index in [0.29, 0.717) is 11.4 Å². The number of anilines is 2. The van der Waals surface area contributed by atoms with Crippen LogP contribution in [-0.4, -0.2) is 39.0 Å². The van der Waals surface area contributed by atoms with Crippen LogP contribution in [0, 0.1) is 0 Å². The minimum Gasteiger partial charge on any atom is -0.465 e. The highest BCUT2D eigenvalue weighted by Crippen LogP contribution is 2.27. The number of hydrogen-bond acceptors (Lipinski definition) is 6. The Morgan fingerprint density at radius 3 is 1.50 bits per heavy atom. The van der Waals surface area contributed by atoms with Crippen LogP contribution in [0.25, 0.3) is 0 Å². The Morgan fingerprint density at radius 2 is 1.18 bits per heavy atom. The van der Waals surface area contributed by atoms with Gasteiger partial charge in [0, 0.05) is 24.2 Å². The van der Waals surface area contributed by atoms with Crippen molar-refractivity contribution in [2.24, 2.45) is 0 Å². The van der Waals surface area contributed by atoms with Crippen molar-refractivity contribution in [1.82, 2.24) is 0 Å². The summed E-state index contributed by atoms with van der Waals surface area (Å²) in [6.45, 7) is 1.51. The maximum Gasteiger partial charge on any atom is 0.411 e. The van der Waals surface area contributed by atoms with Gasteiger partial charge in [-0.3, -0.25) is 15.4 Å². The van der Waals surface area contributed by atoms with Crippen LogP contribution in [0.1, 0.15) is 24.0 Å². The monoisotopic (exact) mass is 386 g/mol. The fourth-order valence-electron chi connectivity index (χ4n) is 2.52. The predicted octanol–water partition coefficient (Wildman–Crippen LogP) is 3.74. The average Bonchev–Trinajstić information content (AvgIpc) is 2.70. The first-order valence-electron chi connectivity index (χ1n) is 8.46. The van der Waals surface area contributed by atoms with E-state index in [2.05, 4.69) is 20.1 Å². The van der Waals surface area contributed by atoms with Gasteiger partial charge in [-0.1, -0.05) is 24.3 Å². The van der Waals surface area contributed by atoms with E-state index in [-0.39, 0.29) is 18.5 Å². The fourth-order valence-corrected chi connectivity index (χ4v) is 2.52. The molecule has 0 spiro atoms. The normalized spacial score (nSPS) is 10.1. The number of carbonyl (C=O) groups excluding carboxylic acids is 3. The third-order valence-electron chi connectivity index (χ3n) is 3.94. The lowest BCUT2D eigenvalue weighted by atomic mass is 9.91. The van der Waals surface area contributed by atoms with Gasteiger partial charge >= 0.3 is 18.2 Å². The Hall–Kier alpha value is -3.55. The van der Waals surface area contributed by atoms with Gasteiger partial charge in [-0.25, -0.2) is 9.59 Å². The van der Waals surface area contributed by atoms with E-state index in [4.69, 9.17) is 4.74 Å². The van der Waals surface area contributed by atoms with E-state index in [1.54, 1.807) is 24.3 Å². The highest BCUT2D eigenvalue weighted by molar-refractivity contribution is 5.85. The minimum atomic E-state index is -0.557. The van der Waals surface area contributed by atoms with Crippen molar-refractivity contribution in [3.63, 3.8) is 0 Å². The standard InChI is InChI=1S/C20H22N2O6/c1-13(23)28-12-18(14-4-8-16(9-5-14)21-19(24)26-2)15-6-10-17(11-7-15)22-20(25)27-3/h4-11,18H,12H2,1-3H3,(H,21,24)(H,22,25). The van der Waals surface area contributed by atoms with Crippen LogP contribution in [0.15, 0.2) is 48.5 Å². The molecule has 0 heterocycles. The lowest BCUT2D eigenvalue weighted by Crippen LogP contribution is -2.14. The Kier molecular flexibility index (Phi) is 7.38. The Bertz CT molecular complexity index is 756. The summed E-state index contributed by atoms with van der Waals surface area (Å²) in [5, 5.41) is 5.16. The number of carbonyl (C=O) groups is 3. The zero-order valence-electron chi connectivity index (χ0n) is 15.9. The van der Waals surface area contributed by atoms with Crippen molar-refractivity contribution >= 4 is 29.5 Å². The highest BCUT2D eigenvalue weighted by atomic mass is 16.5. The molecule has 0 aromatic heterocycles. The van der Waals surface area contributed by atoms with Crippen molar-refractivity contribution in [3.05, 3.63) is 59.7 Å². The van der Waals surface area contributed by atoms with Gasteiger partial charge < -0.3 is 14.2 Å². The van der Waals surface area contributed by atoms with Crippen LogP contribution >= 0.6 is 0 Å². The highest BCUT2D eigenvalue weighted by Gasteiger charge is 2.17. The van der Waals surface area contributed by atoms with E-state index in [1.807, 2.05) is 24.3 Å². The molecule has 8 heteroatoms. The molecule has 0 saturated carbocycles. The van der Waals surface area contributed by atoms with Crippen molar-refractivity contribution in [2.45, 2.75) is 12.8 Å². The molecule has 2 rings (SSSR count). The summed E-state index contributed by atoms with van der Waals surface area (Å²) in [5.41, 5.74) is 2.95. The molecule has 0 bridgehead atoms. The fraction of sp³-hybridized carbons (Fsp3) is 0.250. The molecular weight excluding hydrogens is 364 g/mol. The van der Waals surface area contributed by atoms with E-state index in [9.17, 15) is 14.4 Å². The number of esters is 1. The van der Waals surface area contributed by atoms with E-state index in [0.717, 1.165) is 11.1 Å². The second-order valence-electron chi connectivity index (χ2n) is 5.83. The molecule has 0 aliphatic heterocycles. The van der Waals surface area contributed by atoms with Gasteiger partial charge in [-0.15, -0.1) is 0 Å². The zero-order chi connectivity index (χ0) is 20.5. The number of rotatable bonds is 6. The molecule has 148 valence electrons. The second-order valence-corrected chi connectivity index (χ2v) is 5.83. The first kappa shape index (κ1) is 20.8. The summed E-state index contributed by atoms with van der Waals surface area (Å²) in [4.78, 5) is 33.9. The predicted molar refractivity (Wildman–Crippen MR) is 103 cm³/mol. The SMILES string of the molecule is COC(=O)Nc1ccc(C(COC(C)=O)c2ccc(NC(=O)OC)cc2)cc1. The Balaban J connectivity index is 2.22. The second kappa shape index (κ2) is 9.96. The van der Waals surface area contributed by atoms with Crippen LogP contribution in [0.2, 0.25) is 0 Å². The van der Waals surface area contributed by atoms with Gasteiger partial charge in [0.25, 0.3) is 0 Å². The van der Waals surface area contributed by atoms with E-state index >= 15 is 0 Å². The number of hydrogen-bond donors (Lipinski definition) is 2. The van der Waals surface area contributed by atoms with E-state index in [1.165, 1.54) is 21.1 Å². The molecule has 0 atom stereocenters. The number of methoxy groups -OCH3 is 2. The molecule has 2 amide bonds. The maximum atomic E-state index is 11.3. The van der Waals surface area contributed by atoms with Crippen LogP contribution in [0.3, 0.4) is 0 Å². The van der Waals surface area contributed by atoms with Crippen LogP contribution in [0.5, 0.6) is 0 Å². The molecule has 2 aromatic rings. The minimum absolute atomic E-state index is 0.156. The molecule has 0 saturated heterocycles. The zero-order valence-corrected chi connectivity index (χ0v) is 15.9.